The molecule has 9 nitrogen and oxygen atoms in total. The second kappa shape index (κ2) is 9.26. The first-order valence-electron chi connectivity index (χ1n) is 11.0. The Morgan fingerprint density at radius 1 is 0.912 bits per heavy atom. The number of aryl methyl sites for hydroxylation is 1. The number of piperazine rings is 1. The largest absolute Gasteiger partial charge is 0.495 e. The summed E-state index contributed by atoms with van der Waals surface area (Å²) in [5, 5.41) is 9.13. The molecule has 0 radical (unpaired) electrons. The van der Waals surface area contributed by atoms with Gasteiger partial charge in [-0.1, -0.05) is 23.7 Å². The highest BCUT2D eigenvalue weighted by atomic mass is 35.5. The van der Waals surface area contributed by atoms with Gasteiger partial charge in [-0.3, -0.25) is 4.68 Å². The van der Waals surface area contributed by atoms with Crippen LogP contribution in [0.5, 0.6) is 11.5 Å². The minimum atomic E-state index is 0.525. The summed E-state index contributed by atoms with van der Waals surface area (Å²) in [5.74, 6) is 2.85. The van der Waals surface area contributed by atoms with Gasteiger partial charge in [-0.2, -0.15) is 15.1 Å². The lowest BCUT2D eigenvalue weighted by molar-refractivity contribution is 0.413. The molecule has 0 saturated carbocycles. The van der Waals surface area contributed by atoms with E-state index >= 15 is 0 Å². The number of benzene rings is 2. The molecule has 0 bridgehead atoms. The summed E-state index contributed by atoms with van der Waals surface area (Å²) in [4.78, 5) is 14.2. The Balaban J connectivity index is 1.41. The van der Waals surface area contributed by atoms with Gasteiger partial charge < -0.3 is 24.6 Å². The topological polar surface area (TPSA) is 80.6 Å². The number of fused-ring (bicyclic) bond motifs is 1. The van der Waals surface area contributed by atoms with Crippen molar-refractivity contribution in [1.29, 1.82) is 0 Å². The van der Waals surface area contributed by atoms with Gasteiger partial charge in [0.05, 0.1) is 36.5 Å². The molecule has 1 N–H and O–H groups in total. The zero-order valence-electron chi connectivity index (χ0n) is 19.3. The van der Waals surface area contributed by atoms with Gasteiger partial charge >= 0.3 is 0 Å². The summed E-state index contributed by atoms with van der Waals surface area (Å²) in [6.45, 7) is 3.25. The number of hydrogen-bond acceptors (Lipinski definition) is 8. The monoisotopic (exact) mass is 479 g/mol. The van der Waals surface area contributed by atoms with Crippen molar-refractivity contribution < 1.29 is 9.47 Å². The molecule has 1 aliphatic rings. The summed E-state index contributed by atoms with van der Waals surface area (Å²) >= 11 is 6.32. The summed E-state index contributed by atoms with van der Waals surface area (Å²) in [5.41, 5.74) is 2.67. The van der Waals surface area contributed by atoms with Gasteiger partial charge in [0.25, 0.3) is 0 Å². The van der Waals surface area contributed by atoms with Crippen LogP contribution in [-0.2, 0) is 7.05 Å². The van der Waals surface area contributed by atoms with Crippen molar-refractivity contribution in [2.75, 3.05) is 55.5 Å². The quantitative estimate of drug-likeness (QED) is 0.442. The van der Waals surface area contributed by atoms with Crippen LogP contribution in [-0.4, -0.2) is 60.1 Å². The fourth-order valence-corrected chi connectivity index (χ4v) is 4.42. The number of hydrogen-bond donors (Lipinski definition) is 1. The molecular weight excluding hydrogens is 454 g/mol. The molecule has 5 rings (SSSR count). The number of aromatic nitrogens is 4. The van der Waals surface area contributed by atoms with Gasteiger partial charge in [-0.25, -0.2) is 0 Å². The number of halogens is 1. The molecule has 4 aromatic rings. The van der Waals surface area contributed by atoms with Gasteiger partial charge in [0.15, 0.2) is 5.65 Å². The highest BCUT2D eigenvalue weighted by Crippen LogP contribution is 2.32. The fourth-order valence-electron chi connectivity index (χ4n) is 4.17. The molecule has 0 spiro atoms. The molecule has 2 aromatic carbocycles. The first kappa shape index (κ1) is 22.1. The summed E-state index contributed by atoms with van der Waals surface area (Å²) in [6.07, 6.45) is 1.77. The molecule has 176 valence electrons. The van der Waals surface area contributed by atoms with Crippen molar-refractivity contribution in [3.05, 3.63) is 53.7 Å². The maximum absolute atomic E-state index is 6.32. The highest BCUT2D eigenvalue weighted by molar-refractivity contribution is 6.32. The second-order valence-corrected chi connectivity index (χ2v) is 8.41. The van der Waals surface area contributed by atoms with Gasteiger partial charge in [0, 0.05) is 38.9 Å². The molecule has 2 aromatic heterocycles. The summed E-state index contributed by atoms with van der Waals surface area (Å²) in [7, 11) is 5.18. The van der Waals surface area contributed by atoms with Gasteiger partial charge in [0.1, 0.15) is 17.3 Å². The number of nitrogens with zero attached hydrogens (tertiary/aromatic N) is 6. The molecule has 34 heavy (non-hydrogen) atoms. The lowest BCUT2D eigenvalue weighted by Gasteiger charge is -2.36. The number of methoxy groups -OCH3 is 2. The third kappa shape index (κ3) is 4.14. The van der Waals surface area contributed by atoms with E-state index in [4.69, 9.17) is 31.0 Å². The summed E-state index contributed by atoms with van der Waals surface area (Å²) in [6, 6.07) is 13.6. The number of rotatable bonds is 6. The Morgan fingerprint density at radius 3 is 2.38 bits per heavy atom. The van der Waals surface area contributed by atoms with Gasteiger partial charge in [-0.15, -0.1) is 0 Å². The molecule has 1 saturated heterocycles. The van der Waals surface area contributed by atoms with Crippen LogP contribution < -0.4 is 24.6 Å². The van der Waals surface area contributed by atoms with Crippen molar-refractivity contribution in [2.24, 2.45) is 7.05 Å². The van der Waals surface area contributed by atoms with Crippen molar-refractivity contribution in [1.82, 2.24) is 19.7 Å². The minimum absolute atomic E-state index is 0.525. The fraction of sp³-hybridized carbons (Fsp3) is 0.292. The van der Waals surface area contributed by atoms with E-state index < -0.39 is 0 Å². The molecule has 3 heterocycles. The average Bonchev–Trinajstić information content (AvgIpc) is 3.25. The Labute approximate surface area is 202 Å². The number of nitrogens with one attached hydrogen (secondary N) is 1. The molecule has 0 atom stereocenters. The van der Waals surface area contributed by atoms with E-state index in [0.717, 1.165) is 54.3 Å². The first-order chi connectivity index (χ1) is 16.6. The van der Waals surface area contributed by atoms with E-state index in [-0.39, 0.29) is 0 Å². The van der Waals surface area contributed by atoms with Crippen molar-refractivity contribution in [3.8, 4) is 11.5 Å². The maximum atomic E-state index is 6.32. The lowest BCUT2D eigenvalue weighted by atomic mass is 10.2. The van der Waals surface area contributed by atoms with Crippen molar-refractivity contribution in [3.63, 3.8) is 0 Å². The van der Waals surface area contributed by atoms with Gasteiger partial charge in [0.2, 0.25) is 5.95 Å². The van der Waals surface area contributed by atoms with E-state index in [0.29, 0.717) is 22.5 Å². The first-order valence-corrected chi connectivity index (χ1v) is 11.4. The van der Waals surface area contributed by atoms with Crippen molar-refractivity contribution >= 4 is 45.8 Å². The molecule has 1 fully saturated rings. The van der Waals surface area contributed by atoms with Crippen LogP contribution in [0.25, 0.3) is 11.0 Å². The molecule has 0 unspecified atom stereocenters. The van der Waals surface area contributed by atoms with Crippen LogP contribution in [0.4, 0.5) is 23.1 Å². The molecule has 0 aliphatic carbocycles. The van der Waals surface area contributed by atoms with Crippen LogP contribution in [0, 0.1) is 0 Å². The number of anilines is 4. The Kier molecular flexibility index (Phi) is 6.02. The van der Waals surface area contributed by atoms with Crippen LogP contribution in [0.3, 0.4) is 0 Å². The van der Waals surface area contributed by atoms with Crippen LogP contribution in [0.1, 0.15) is 0 Å². The molecular formula is C24H26ClN7O2. The predicted octanol–water partition coefficient (Wildman–Crippen LogP) is 4.10. The third-order valence-electron chi connectivity index (χ3n) is 5.98. The Morgan fingerprint density at radius 2 is 1.65 bits per heavy atom. The number of ether oxygens (including phenoxy) is 2. The minimum Gasteiger partial charge on any atom is -0.495 e. The van der Waals surface area contributed by atoms with Crippen LogP contribution in [0.2, 0.25) is 5.02 Å². The van der Waals surface area contributed by atoms with E-state index in [1.54, 1.807) is 25.1 Å². The summed E-state index contributed by atoms with van der Waals surface area (Å²) < 4.78 is 12.6. The normalized spacial score (nSPS) is 13.9. The molecule has 1 aliphatic heterocycles. The predicted molar refractivity (Wildman–Crippen MR) is 135 cm³/mol. The Bertz CT molecular complexity index is 1320. The SMILES string of the molecule is COc1ccc(Nc2nc(N3CCN(c4ccccc4OC)CC3)nc3c2cnn3C)cc1Cl. The van der Waals surface area contributed by atoms with E-state index in [1.807, 2.05) is 43.4 Å². The maximum Gasteiger partial charge on any atom is 0.229 e. The van der Waals surface area contributed by atoms with Crippen LogP contribution in [0.15, 0.2) is 48.7 Å². The van der Waals surface area contributed by atoms with Crippen LogP contribution >= 0.6 is 11.6 Å². The Hall–Kier alpha value is -3.72. The zero-order chi connectivity index (χ0) is 23.7. The van der Waals surface area contributed by atoms with E-state index in [9.17, 15) is 0 Å². The zero-order valence-corrected chi connectivity index (χ0v) is 20.1. The molecule has 0 amide bonds. The smallest absolute Gasteiger partial charge is 0.229 e. The highest BCUT2D eigenvalue weighted by Gasteiger charge is 2.23. The lowest BCUT2D eigenvalue weighted by Crippen LogP contribution is -2.47. The third-order valence-corrected chi connectivity index (χ3v) is 6.28. The van der Waals surface area contributed by atoms with Gasteiger partial charge in [-0.05, 0) is 30.3 Å². The second-order valence-electron chi connectivity index (χ2n) is 8.00. The van der Waals surface area contributed by atoms with Crippen molar-refractivity contribution in [2.45, 2.75) is 0 Å². The standard InChI is InChI=1S/C24H26ClN7O2/c1-30-23-17(15-26-30)22(27-16-8-9-20(33-2)18(25)14-16)28-24(29-23)32-12-10-31(11-13-32)19-6-4-5-7-21(19)34-3/h4-9,14-15H,10-13H2,1-3H3,(H,27,28,29). The average molecular weight is 480 g/mol. The van der Waals surface area contributed by atoms with E-state index in [1.165, 1.54) is 0 Å². The van der Waals surface area contributed by atoms with E-state index in [2.05, 4.69) is 26.3 Å². The molecule has 10 heteroatoms. The number of para-hydroxylation sites is 2.